The van der Waals surface area contributed by atoms with Gasteiger partial charge in [0.2, 0.25) is 0 Å². The number of hydrogen-bond donors (Lipinski definition) is 2. The molecule has 17 heavy (non-hydrogen) atoms. The van der Waals surface area contributed by atoms with Crippen molar-refractivity contribution >= 4 is 34.6 Å². The van der Waals surface area contributed by atoms with Crippen molar-refractivity contribution in [2.45, 2.75) is 6.92 Å². The normalized spacial score (nSPS) is 10.2. The van der Waals surface area contributed by atoms with E-state index in [1.165, 1.54) is 28.7 Å². The van der Waals surface area contributed by atoms with E-state index in [0.29, 0.717) is 3.95 Å². The summed E-state index contributed by atoms with van der Waals surface area (Å²) in [7, 11) is 1.86. The van der Waals surface area contributed by atoms with Crippen molar-refractivity contribution < 1.29 is 4.79 Å². The third kappa shape index (κ3) is 2.50. The zero-order valence-corrected chi connectivity index (χ0v) is 10.8. The summed E-state index contributed by atoms with van der Waals surface area (Å²) >= 11 is 6.46. The molecule has 2 heterocycles. The molecule has 2 aromatic heterocycles. The molecule has 0 spiro atoms. The molecular formula is C8H10N6OS2. The number of carbonyl (C=O) groups is 1. The molecule has 9 heteroatoms. The fourth-order valence-electron chi connectivity index (χ4n) is 1.14. The Morgan fingerprint density at radius 2 is 2.12 bits per heavy atom. The van der Waals surface area contributed by atoms with Gasteiger partial charge in [-0.2, -0.15) is 0 Å². The number of anilines is 1. The zero-order chi connectivity index (χ0) is 12.4. The molecule has 90 valence electrons. The highest BCUT2D eigenvalue weighted by Gasteiger charge is 2.09. The lowest BCUT2D eigenvalue weighted by Crippen LogP contribution is -2.26. The molecule has 0 saturated carbocycles. The quantitative estimate of drug-likeness (QED) is 0.811. The fourth-order valence-corrected chi connectivity index (χ4v) is 2.41. The lowest BCUT2D eigenvalue weighted by Gasteiger charge is -2.06. The van der Waals surface area contributed by atoms with Gasteiger partial charge in [-0.1, -0.05) is 11.3 Å². The number of carbonyl (C=O) groups excluding carboxylic acids is 1. The Bertz CT molecular complexity index is 584. The smallest absolute Gasteiger partial charge is 0.328 e. The SMILES string of the molecule is Cc1c(NC(=O)Nn2cnnc2)sc(=S)n1C. The molecule has 0 saturated heterocycles. The third-order valence-corrected chi connectivity index (χ3v) is 3.75. The summed E-state index contributed by atoms with van der Waals surface area (Å²) in [5.41, 5.74) is 3.45. The van der Waals surface area contributed by atoms with Crippen molar-refractivity contribution in [3.63, 3.8) is 0 Å². The van der Waals surface area contributed by atoms with Crippen molar-refractivity contribution in [2.24, 2.45) is 7.05 Å². The highest BCUT2D eigenvalue weighted by Crippen LogP contribution is 2.23. The van der Waals surface area contributed by atoms with E-state index in [2.05, 4.69) is 20.9 Å². The molecule has 0 aliphatic carbocycles. The summed E-state index contributed by atoms with van der Waals surface area (Å²) < 4.78 is 3.91. The topological polar surface area (TPSA) is 76.8 Å². The van der Waals surface area contributed by atoms with Crippen LogP contribution in [0.5, 0.6) is 0 Å². The van der Waals surface area contributed by atoms with Crippen LogP contribution in [0.2, 0.25) is 0 Å². The zero-order valence-electron chi connectivity index (χ0n) is 9.17. The molecule has 2 rings (SSSR count). The first kappa shape index (κ1) is 11.7. The van der Waals surface area contributed by atoms with Crippen molar-refractivity contribution in [1.82, 2.24) is 19.4 Å². The van der Waals surface area contributed by atoms with Gasteiger partial charge in [0.05, 0.1) is 5.69 Å². The predicted molar refractivity (Wildman–Crippen MR) is 67.3 cm³/mol. The Balaban J connectivity index is 2.08. The molecule has 0 aliphatic heterocycles. The average Bonchev–Trinajstić information content (AvgIpc) is 2.85. The van der Waals surface area contributed by atoms with E-state index in [1.54, 1.807) is 0 Å². The van der Waals surface area contributed by atoms with Crippen LogP contribution in [0.25, 0.3) is 0 Å². The summed E-state index contributed by atoms with van der Waals surface area (Å²) in [4.78, 5) is 11.6. The number of hydrogen-bond acceptors (Lipinski definition) is 5. The van der Waals surface area contributed by atoms with Crippen LogP contribution in [-0.4, -0.2) is 25.5 Å². The summed E-state index contributed by atoms with van der Waals surface area (Å²) in [5, 5.41) is 10.6. The van der Waals surface area contributed by atoms with Gasteiger partial charge in [-0.05, 0) is 19.1 Å². The van der Waals surface area contributed by atoms with Crippen LogP contribution in [0.1, 0.15) is 5.69 Å². The number of thiazole rings is 1. The van der Waals surface area contributed by atoms with E-state index in [4.69, 9.17) is 12.2 Å². The Hall–Kier alpha value is -1.74. The monoisotopic (exact) mass is 270 g/mol. The van der Waals surface area contributed by atoms with Gasteiger partial charge in [-0.25, -0.2) is 14.9 Å². The second-order valence-corrected chi connectivity index (χ2v) is 4.92. The maximum atomic E-state index is 11.6. The minimum atomic E-state index is -0.371. The number of nitrogens with zero attached hydrogens (tertiary/aromatic N) is 4. The van der Waals surface area contributed by atoms with E-state index in [9.17, 15) is 4.79 Å². The molecule has 0 aliphatic rings. The van der Waals surface area contributed by atoms with Gasteiger partial charge in [0, 0.05) is 7.05 Å². The molecule has 0 bridgehead atoms. The Morgan fingerprint density at radius 3 is 2.65 bits per heavy atom. The molecule has 0 unspecified atom stereocenters. The second-order valence-electron chi connectivity index (χ2n) is 3.28. The van der Waals surface area contributed by atoms with E-state index < -0.39 is 0 Å². The van der Waals surface area contributed by atoms with Gasteiger partial charge in [-0.15, -0.1) is 10.2 Å². The maximum absolute atomic E-state index is 11.6. The predicted octanol–water partition coefficient (Wildman–Crippen LogP) is 1.49. The van der Waals surface area contributed by atoms with Crippen LogP contribution in [0, 0.1) is 10.9 Å². The van der Waals surface area contributed by atoms with E-state index >= 15 is 0 Å². The third-order valence-electron chi connectivity index (χ3n) is 2.17. The first-order valence-corrected chi connectivity index (χ1v) is 5.89. The lowest BCUT2D eigenvalue weighted by atomic mass is 10.5. The molecule has 2 amide bonds. The van der Waals surface area contributed by atoms with Crippen molar-refractivity contribution in [3.05, 3.63) is 22.3 Å². The molecule has 0 aromatic carbocycles. The van der Waals surface area contributed by atoms with Crippen molar-refractivity contribution in [3.8, 4) is 0 Å². The lowest BCUT2D eigenvalue weighted by molar-refractivity contribution is 0.260. The summed E-state index contributed by atoms with van der Waals surface area (Å²) in [6.45, 7) is 1.89. The van der Waals surface area contributed by atoms with Crippen LogP contribution >= 0.6 is 23.6 Å². The minimum absolute atomic E-state index is 0.371. The number of nitrogens with one attached hydrogen (secondary N) is 2. The van der Waals surface area contributed by atoms with Gasteiger partial charge >= 0.3 is 6.03 Å². The molecule has 0 atom stereocenters. The van der Waals surface area contributed by atoms with Gasteiger partial charge in [0.25, 0.3) is 0 Å². The fraction of sp³-hybridized carbons (Fsp3) is 0.250. The number of aromatic nitrogens is 4. The number of amides is 2. The molecule has 7 nitrogen and oxygen atoms in total. The van der Waals surface area contributed by atoms with E-state index in [0.717, 1.165) is 10.7 Å². The Labute approximate surface area is 106 Å². The second kappa shape index (κ2) is 4.63. The molecule has 0 radical (unpaired) electrons. The van der Waals surface area contributed by atoms with Crippen molar-refractivity contribution in [2.75, 3.05) is 10.7 Å². The first-order chi connectivity index (χ1) is 8.08. The first-order valence-electron chi connectivity index (χ1n) is 4.67. The van der Waals surface area contributed by atoms with Crippen LogP contribution in [0.4, 0.5) is 9.80 Å². The summed E-state index contributed by atoms with van der Waals surface area (Å²) in [6.07, 6.45) is 2.78. The highest BCUT2D eigenvalue weighted by molar-refractivity contribution is 7.73. The van der Waals surface area contributed by atoms with Gasteiger partial charge < -0.3 is 4.57 Å². The average molecular weight is 270 g/mol. The van der Waals surface area contributed by atoms with Crippen LogP contribution in [0.3, 0.4) is 0 Å². The van der Waals surface area contributed by atoms with Gasteiger partial charge in [0.1, 0.15) is 17.7 Å². The minimum Gasteiger partial charge on any atom is -0.328 e. The van der Waals surface area contributed by atoms with Gasteiger partial charge in [-0.3, -0.25) is 5.32 Å². The number of rotatable bonds is 2. The largest absolute Gasteiger partial charge is 0.339 e. The highest BCUT2D eigenvalue weighted by atomic mass is 32.1. The molecule has 2 N–H and O–H groups in total. The molecular weight excluding hydrogens is 260 g/mol. The van der Waals surface area contributed by atoms with Crippen LogP contribution in [-0.2, 0) is 7.05 Å². The summed E-state index contributed by atoms with van der Waals surface area (Å²) in [6, 6.07) is -0.371. The Morgan fingerprint density at radius 1 is 1.47 bits per heavy atom. The van der Waals surface area contributed by atoms with E-state index in [1.807, 2.05) is 18.5 Å². The van der Waals surface area contributed by atoms with Crippen molar-refractivity contribution in [1.29, 1.82) is 0 Å². The number of urea groups is 1. The molecule has 2 aromatic rings. The summed E-state index contributed by atoms with van der Waals surface area (Å²) in [5.74, 6) is 0. The molecule has 0 fully saturated rings. The van der Waals surface area contributed by atoms with Gasteiger partial charge in [0.15, 0.2) is 3.95 Å². The maximum Gasteiger partial charge on any atom is 0.339 e. The van der Waals surface area contributed by atoms with Crippen LogP contribution in [0.15, 0.2) is 12.7 Å². The standard InChI is InChI=1S/C8H10N6OS2/c1-5-6(17-8(16)13(5)2)11-7(15)12-14-3-9-10-4-14/h3-4H,1-2H3,(H2,11,12,15). The Kier molecular flexibility index (Phi) is 3.20. The van der Waals surface area contributed by atoms with Crippen LogP contribution < -0.4 is 10.7 Å². The van der Waals surface area contributed by atoms with E-state index in [-0.39, 0.29) is 6.03 Å².